The fourth-order valence-corrected chi connectivity index (χ4v) is 4.16. The number of aromatic nitrogens is 2. The van der Waals surface area contributed by atoms with E-state index in [9.17, 15) is 4.79 Å². The first-order valence-corrected chi connectivity index (χ1v) is 9.37. The van der Waals surface area contributed by atoms with Gasteiger partial charge in [0, 0.05) is 32.2 Å². The zero-order valence-electron chi connectivity index (χ0n) is 14.8. The van der Waals surface area contributed by atoms with Crippen LogP contribution in [0.25, 0.3) is 0 Å². The summed E-state index contributed by atoms with van der Waals surface area (Å²) in [5, 5.41) is 6.91. The second-order valence-electron chi connectivity index (χ2n) is 7.40. The van der Waals surface area contributed by atoms with Crippen LogP contribution in [0, 0.1) is 6.92 Å². The van der Waals surface area contributed by atoms with Gasteiger partial charge in [-0.2, -0.15) is 4.98 Å². The highest BCUT2D eigenvalue weighted by atomic mass is 16.5. The standard InChI is InChI=1S/C17H27N5O3/c1-12-19-16(25-20-12)13-4-2-7-22(9-13)17(23)18-8-15-10-21-6-3-5-14(21)11-24-15/h13-15H,2-11H2,1H3,(H,18,23). The zero-order chi connectivity index (χ0) is 17.2. The predicted molar refractivity (Wildman–Crippen MR) is 90.3 cm³/mol. The van der Waals surface area contributed by atoms with Gasteiger partial charge in [0.1, 0.15) is 0 Å². The van der Waals surface area contributed by atoms with E-state index in [0.717, 1.165) is 39.1 Å². The molecule has 0 aliphatic carbocycles. The molecule has 3 aliphatic rings. The molecular weight excluding hydrogens is 322 g/mol. The summed E-state index contributed by atoms with van der Waals surface area (Å²) < 4.78 is 11.2. The molecule has 2 amide bonds. The van der Waals surface area contributed by atoms with Crippen LogP contribution in [0.2, 0.25) is 0 Å². The van der Waals surface area contributed by atoms with E-state index in [1.165, 1.54) is 12.8 Å². The van der Waals surface area contributed by atoms with Crippen molar-refractivity contribution in [2.24, 2.45) is 0 Å². The summed E-state index contributed by atoms with van der Waals surface area (Å²) >= 11 is 0. The molecule has 3 atom stereocenters. The molecule has 0 bridgehead atoms. The number of piperidine rings is 1. The number of ether oxygens (including phenoxy) is 1. The number of likely N-dealkylation sites (tertiary alicyclic amines) is 1. The molecule has 0 spiro atoms. The monoisotopic (exact) mass is 349 g/mol. The van der Waals surface area contributed by atoms with Crippen LogP contribution in [-0.2, 0) is 4.74 Å². The summed E-state index contributed by atoms with van der Waals surface area (Å²) in [6, 6.07) is 0.570. The second kappa shape index (κ2) is 7.29. The second-order valence-corrected chi connectivity index (χ2v) is 7.40. The smallest absolute Gasteiger partial charge is 0.317 e. The van der Waals surface area contributed by atoms with Crippen molar-refractivity contribution in [2.45, 2.75) is 50.7 Å². The van der Waals surface area contributed by atoms with Gasteiger partial charge in [-0.1, -0.05) is 5.16 Å². The number of hydrogen-bond donors (Lipinski definition) is 1. The Morgan fingerprint density at radius 3 is 3.00 bits per heavy atom. The van der Waals surface area contributed by atoms with E-state index in [1.54, 1.807) is 0 Å². The van der Waals surface area contributed by atoms with Crippen molar-refractivity contribution in [1.82, 2.24) is 25.3 Å². The van der Waals surface area contributed by atoms with E-state index >= 15 is 0 Å². The number of morpholine rings is 1. The Labute approximate surface area is 147 Å². The maximum absolute atomic E-state index is 12.5. The fourth-order valence-electron chi connectivity index (χ4n) is 4.16. The molecule has 3 aliphatic heterocycles. The summed E-state index contributed by atoms with van der Waals surface area (Å²) in [6.07, 6.45) is 4.53. The molecule has 8 nitrogen and oxygen atoms in total. The Balaban J connectivity index is 1.26. The fraction of sp³-hybridized carbons (Fsp3) is 0.824. The molecular formula is C17H27N5O3. The first-order chi connectivity index (χ1) is 12.2. The molecule has 3 unspecified atom stereocenters. The van der Waals surface area contributed by atoms with E-state index in [-0.39, 0.29) is 18.1 Å². The van der Waals surface area contributed by atoms with Crippen LogP contribution in [0.4, 0.5) is 4.79 Å². The number of fused-ring (bicyclic) bond motifs is 1. The van der Waals surface area contributed by atoms with Gasteiger partial charge in [-0.15, -0.1) is 0 Å². The van der Waals surface area contributed by atoms with Crippen molar-refractivity contribution < 1.29 is 14.1 Å². The van der Waals surface area contributed by atoms with E-state index in [2.05, 4.69) is 20.4 Å². The Hall–Kier alpha value is -1.67. The molecule has 3 fully saturated rings. The molecule has 138 valence electrons. The molecule has 0 saturated carbocycles. The molecule has 1 aromatic rings. The van der Waals surface area contributed by atoms with Crippen LogP contribution in [0.5, 0.6) is 0 Å². The zero-order valence-corrected chi connectivity index (χ0v) is 14.8. The molecule has 8 heteroatoms. The summed E-state index contributed by atoms with van der Waals surface area (Å²) in [5.41, 5.74) is 0. The lowest BCUT2D eigenvalue weighted by Crippen LogP contribution is -2.52. The van der Waals surface area contributed by atoms with Gasteiger partial charge in [0.25, 0.3) is 0 Å². The van der Waals surface area contributed by atoms with Gasteiger partial charge >= 0.3 is 6.03 Å². The lowest BCUT2D eigenvalue weighted by Gasteiger charge is -2.36. The summed E-state index contributed by atoms with van der Waals surface area (Å²) in [5.74, 6) is 1.42. The average Bonchev–Trinajstić information content (AvgIpc) is 3.28. The highest BCUT2D eigenvalue weighted by molar-refractivity contribution is 5.74. The number of nitrogens with one attached hydrogen (secondary N) is 1. The van der Waals surface area contributed by atoms with Gasteiger partial charge in [0.05, 0.1) is 18.6 Å². The van der Waals surface area contributed by atoms with Crippen LogP contribution < -0.4 is 5.32 Å². The van der Waals surface area contributed by atoms with E-state index in [4.69, 9.17) is 9.26 Å². The van der Waals surface area contributed by atoms with Gasteiger partial charge in [-0.3, -0.25) is 4.90 Å². The van der Waals surface area contributed by atoms with Crippen LogP contribution in [-0.4, -0.2) is 77.4 Å². The third-order valence-electron chi connectivity index (χ3n) is 5.54. The number of carbonyl (C=O) groups excluding carboxylic acids is 1. The van der Waals surface area contributed by atoms with Crippen molar-refractivity contribution in [1.29, 1.82) is 0 Å². The van der Waals surface area contributed by atoms with Gasteiger partial charge in [0.2, 0.25) is 5.89 Å². The molecule has 25 heavy (non-hydrogen) atoms. The summed E-state index contributed by atoms with van der Waals surface area (Å²) in [6.45, 7) is 6.67. The van der Waals surface area contributed by atoms with Gasteiger partial charge in [-0.05, 0) is 39.2 Å². The Morgan fingerprint density at radius 1 is 1.28 bits per heavy atom. The van der Waals surface area contributed by atoms with Gasteiger partial charge in [-0.25, -0.2) is 4.79 Å². The van der Waals surface area contributed by atoms with Gasteiger partial charge < -0.3 is 19.5 Å². The van der Waals surface area contributed by atoms with Crippen molar-refractivity contribution >= 4 is 6.03 Å². The average molecular weight is 349 g/mol. The Morgan fingerprint density at radius 2 is 2.16 bits per heavy atom. The molecule has 3 saturated heterocycles. The predicted octanol–water partition coefficient (Wildman–Crippen LogP) is 1.13. The number of rotatable bonds is 3. The molecule has 4 heterocycles. The van der Waals surface area contributed by atoms with Crippen LogP contribution in [0.3, 0.4) is 0 Å². The van der Waals surface area contributed by atoms with Crippen LogP contribution in [0.15, 0.2) is 4.52 Å². The van der Waals surface area contributed by atoms with Crippen molar-refractivity contribution in [3.8, 4) is 0 Å². The number of nitrogens with zero attached hydrogens (tertiary/aromatic N) is 4. The molecule has 4 rings (SSSR count). The van der Waals surface area contributed by atoms with Crippen LogP contribution in [0.1, 0.15) is 43.3 Å². The molecule has 0 radical (unpaired) electrons. The minimum absolute atomic E-state index is 0.0203. The maximum atomic E-state index is 12.5. The normalized spacial score (nSPS) is 30.3. The van der Waals surface area contributed by atoms with E-state index in [0.29, 0.717) is 30.8 Å². The van der Waals surface area contributed by atoms with Crippen LogP contribution >= 0.6 is 0 Å². The maximum Gasteiger partial charge on any atom is 0.317 e. The largest absolute Gasteiger partial charge is 0.373 e. The van der Waals surface area contributed by atoms with Crippen molar-refractivity contribution in [3.63, 3.8) is 0 Å². The Bertz CT molecular complexity index is 607. The summed E-state index contributed by atoms with van der Waals surface area (Å²) in [7, 11) is 0. The highest BCUT2D eigenvalue weighted by Crippen LogP contribution is 2.26. The third kappa shape index (κ3) is 3.79. The molecule has 1 aromatic heterocycles. The van der Waals surface area contributed by atoms with E-state index < -0.39 is 0 Å². The molecule has 0 aromatic carbocycles. The first-order valence-electron chi connectivity index (χ1n) is 9.37. The number of hydrogen-bond acceptors (Lipinski definition) is 6. The van der Waals surface area contributed by atoms with Crippen molar-refractivity contribution in [3.05, 3.63) is 11.7 Å². The molecule has 1 N–H and O–H groups in total. The lowest BCUT2D eigenvalue weighted by atomic mass is 9.98. The highest BCUT2D eigenvalue weighted by Gasteiger charge is 2.33. The van der Waals surface area contributed by atoms with E-state index in [1.807, 2.05) is 11.8 Å². The minimum atomic E-state index is -0.0203. The Kier molecular flexibility index (Phi) is 4.89. The topological polar surface area (TPSA) is 83.7 Å². The lowest BCUT2D eigenvalue weighted by molar-refractivity contribution is -0.0461. The number of carbonyl (C=O) groups is 1. The van der Waals surface area contributed by atoms with Gasteiger partial charge in [0.15, 0.2) is 5.82 Å². The number of urea groups is 1. The minimum Gasteiger partial charge on any atom is -0.373 e. The number of amides is 2. The summed E-state index contributed by atoms with van der Waals surface area (Å²) in [4.78, 5) is 21.2. The van der Waals surface area contributed by atoms with Crippen molar-refractivity contribution in [2.75, 3.05) is 39.3 Å². The third-order valence-corrected chi connectivity index (χ3v) is 5.54. The SMILES string of the molecule is Cc1noc(C2CCCN(C(=O)NCC3CN4CCCC4CO3)C2)n1. The first kappa shape index (κ1) is 16.8. The quantitative estimate of drug-likeness (QED) is 0.881. The number of aryl methyl sites for hydroxylation is 1.